The fourth-order valence-electron chi connectivity index (χ4n) is 2.85. The Hall–Kier alpha value is -2.10. The number of amides is 2. The molecule has 0 aliphatic carbocycles. The second kappa shape index (κ2) is 11.3. The van der Waals surface area contributed by atoms with Crippen LogP contribution in [0.15, 0.2) is 4.99 Å². The Bertz CT molecular complexity index is 671. The molecule has 1 aliphatic rings. The number of carbonyl (C=O) groups is 3. The van der Waals surface area contributed by atoms with Crippen LogP contribution < -0.4 is 5.32 Å². The molecular weight excluding hydrogens is 408 g/mol. The van der Waals surface area contributed by atoms with E-state index < -0.39 is 29.1 Å². The molecule has 2 N–H and O–H groups in total. The molecule has 0 bridgehead atoms. The van der Waals surface area contributed by atoms with Crippen LogP contribution in [-0.2, 0) is 19.1 Å². The van der Waals surface area contributed by atoms with Gasteiger partial charge in [0.15, 0.2) is 0 Å². The summed E-state index contributed by atoms with van der Waals surface area (Å²) < 4.78 is 11.7. The van der Waals surface area contributed by atoms with Crippen LogP contribution in [0.1, 0.15) is 67.2 Å². The van der Waals surface area contributed by atoms with Crippen LogP contribution >= 0.6 is 11.9 Å². The normalized spacial score (nSPS) is 17.1. The summed E-state index contributed by atoms with van der Waals surface area (Å²) in [6.45, 7) is 11.1. The third-order valence-electron chi connectivity index (χ3n) is 4.60. The lowest BCUT2D eigenvalue weighted by molar-refractivity contribution is -0.147. The van der Waals surface area contributed by atoms with Gasteiger partial charge in [0.1, 0.15) is 5.60 Å². The first-order valence-electron chi connectivity index (χ1n) is 10.2. The molecule has 9 nitrogen and oxygen atoms in total. The summed E-state index contributed by atoms with van der Waals surface area (Å²) in [6, 6.07) is 0. The predicted octanol–water partition coefficient (Wildman–Crippen LogP) is 3.53. The quantitative estimate of drug-likeness (QED) is 0.320. The van der Waals surface area contributed by atoms with Crippen molar-refractivity contribution in [1.82, 2.24) is 9.62 Å². The number of nitrogens with one attached hydrogen (secondary N) is 2. The summed E-state index contributed by atoms with van der Waals surface area (Å²) in [6.07, 6.45) is 2.14. The number of rotatable bonds is 9. The van der Waals surface area contributed by atoms with Gasteiger partial charge in [-0.15, -0.1) is 0 Å². The van der Waals surface area contributed by atoms with Gasteiger partial charge in [-0.1, -0.05) is 13.8 Å². The molecule has 170 valence electrons. The third kappa shape index (κ3) is 7.62. The van der Waals surface area contributed by atoms with E-state index in [0.29, 0.717) is 12.8 Å². The number of guanidine groups is 1. The monoisotopic (exact) mass is 442 g/mol. The van der Waals surface area contributed by atoms with Gasteiger partial charge in [0.2, 0.25) is 11.9 Å². The van der Waals surface area contributed by atoms with E-state index >= 15 is 0 Å². The fourth-order valence-corrected chi connectivity index (χ4v) is 3.86. The van der Waals surface area contributed by atoms with Crippen molar-refractivity contribution >= 4 is 42.1 Å². The van der Waals surface area contributed by atoms with E-state index in [-0.39, 0.29) is 37.1 Å². The van der Waals surface area contributed by atoms with Gasteiger partial charge in [-0.25, -0.2) is 14.1 Å². The van der Waals surface area contributed by atoms with E-state index in [1.54, 1.807) is 27.7 Å². The Balaban J connectivity index is 3.09. The first kappa shape index (κ1) is 25.9. The highest BCUT2D eigenvalue weighted by atomic mass is 32.2. The zero-order chi connectivity index (χ0) is 22.9. The molecule has 0 radical (unpaired) electrons. The number of hydrogen-bond donors (Lipinski definition) is 2. The van der Waals surface area contributed by atoms with Crippen molar-refractivity contribution in [2.45, 2.75) is 78.4 Å². The maximum absolute atomic E-state index is 12.9. The average Bonchev–Trinajstić information content (AvgIpc) is 2.64. The molecule has 1 aliphatic heterocycles. The molecule has 1 rings (SSSR count). The minimum atomic E-state index is -0.705. The van der Waals surface area contributed by atoms with Crippen molar-refractivity contribution in [3.63, 3.8) is 0 Å². The van der Waals surface area contributed by atoms with Gasteiger partial charge in [-0.2, -0.15) is 0 Å². The van der Waals surface area contributed by atoms with Crippen LogP contribution in [0.5, 0.6) is 0 Å². The first-order valence-corrected chi connectivity index (χ1v) is 11.2. The van der Waals surface area contributed by atoms with Gasteiger partial charge in [0.05, 0.1) is 24.5 Å². The molecule has 0 spiro atoms. The van der Waals surface area contributed by atoms with Gasteiger partial charge >= 0.3 is 12.1 Å². The lowest BCUT2D eigenvalue weighted by Gasteiger charge is -2.37. The molecule has 1 atom stereocenters. The minimum absolute atomic E-state index is 0.103. The van der Waals surface area contributed by atoms with Crippen LogP contribution in [0.3, 0.4) is 0 Å². The molecule has 0 saturated heterocycles. The average molecular weight is 443 g/mol. The zero-order valence-corrected chi connectivity index (χ0v) is 19.6. The number of esters is 1. The summed E-state index contributed by atoms with van der Waals surface area (Å²) in [5.74, 6) is -0.894. The third-order valence-corrected chi connectivity index (χ3v) is 5.78. The summed E-state index contributed by atoms with van der Waals surface area (Å²) in [5, 5.41) is 9.92. The number of ether oxygens (including phenoxy) is 2. The number of hydrogen-bond acceptors (Lipinski definition) is 8. The van der Waals surface area contributed by atoms with Gasteiger partial charge in [-0.3, -0.25) is 14.9 Å². The second-order valence-electron chi connectivity index (χ2n) is 8.04. The molecule has 1 heterocycles. The van der Waals surface area contributed by atoms with Crippen molar-refractivity contribution in [3.8, 4) is 0 Å². The Morgan fingerprint density at radius 3 is 2.47 bits per heavy atom. The smallest absolute Gasteiger partial charge is 0.414 e. The van der Waals surface area contributed by atoms with Gasteiger partial charge in [-0.05, 0) is 65.1 Å². The molecule has 0 fully saturated rings. The first-order chi connectivity index (χ1) is 14.0. The number of nitrogens with zero attached hydrogens (tertiary/aromatic N) is 2. The zero-order valence-electron chi connectivity index (χ0n) is 18.7. The second-order valence-corrected chi connectivity index (χ2v) is 9.00. The molecule has 10 heteroatoms. The van der Waals surface area contributed by atoms with E-state index in [1.807, 2.05) is 13.8 Å². The van der Waals surface area contributed by atoms with Gasteiger partial charge in [0.25, 0.3) is 0 Å². The molecule has 30 heavy (non-hydrogen) atoms. The number of aliphatic imine (C=N–C) groups is 1. The van der Waals surface area contributed by atoms with Crippen molar-refractivity contribution in [1.29, 1.82) is 5.41 Å². The molecule has 0 aromatic heterocycles. The summed E-state index contributed by atoms with van der Waals surface area (Å²) in [5.41, 5.74) is -1.29. The molecule has 0 aromatic carbocycles. The summed E-state index contributed by atoms with van der Waals surface area (Å²) >= 11 is 1.08. The Kier molecular flexibility index (Phi) is 9.80. The number of alkyl carbamates (subject to hydrolysis) is 1. The topological polar surface area (TPSA) is 121 Å². The summed E-state index contributed by atoms with van der Waals surface area (Å²) in [4.78, 5) is 42.1. The SMILES string of the molecule is CCOC(=O)[C@@H](CC=N)CSN1C(=O)CC(CC)(CC)N=C1NC(=O)OC(C)(C)C. The highest BCUT2D eigenvalue weighted by Crippen LogP contribution is 2.33. The Morgan fingerprint density at radius 1 is 1.33 bits per heavy atom. The number of carbonyl (C=O) groups excluding carboxylic acids is 3. The van der Waals surface area contributed by atoms with Crippen LogP contribution in [0, 0.1) is 11.3 Å². The highest BCUT2D eigenvalue weighted by Gasteiger charge is 2.40. The maximum Gasteiger partial charge on any atom is 0.414 e. The summed E-state index contributed by atoms with van der Waals surface area (Å²) in [7, 11) is 0. The lowest BCUT2D eigenvalue weighted by atomic mass is 9.88. The van der Waals surface area contributed by atoms with E-state index in [9.17, 15) is 14.4 Å². The highest BCUT2D eigenvalue weighted by molar-refractivity contribution is 7.98. The van der Waals surface area contributed by atoms with E-state index in [2.05, 4.69) is 10.3 Å². The van der Waals surface area contributed by atoms with E-state index in [0.717, 1.165) is 18.2 Å². The Morgan fingerprint density at radius 2 is 1.97 bits per heavy atom. The molecule has 0 saturated carbocycles. The Labute approximate surface area is 183 Å². The van der Waals surface area contributed by atoms with Crippen LogP contribution in [-0.4, -0.2) is 57.9 Å². The standard InChI is InChI=1S/C20H34N4O5S/c1-7-20(8-2)12-15(25)24(17(23-20)22-18(27)29-19(4,5)6)30-13-14(10-11-21)16(26)28-9-3/h11,14,21H,7-10,12-13H2,1-6H3,(H,22,23,27)/t14-/m0/s1. The van der Waals surface area contributed by atoms with E-state index in [1.165, 1.54) is 4.31 Å². The van der Waals surface area contributed by atoms with Crippen LogP contribution in [0.4, 0.5) is 4.79 Å². The van der Waals surface area contributed by atoms with Crippen molar-refractivity contribution in [3.05, 3.63) is 0 Å². The van der Waals surface area contributed by atoms with Crippen molar-refractivity contribution in [2.24, 2.45) is 10.9 Å². The largest absolute Gasteiger partial charge is 0.466 e. The van der Waals surface area contributed by atoms with Gasteiger partial charge < -0.3 is 14.9 Å². The molecule has 2 amide bonds. The molecular formula is C20H34N4O5S. The lowest BCUT2D eigenvalue weighted by Crippen LogP contribution is -2.52. The van der Waals surface area contributed by atoms with Crippen molar-refractivity contribution in [2.75, 3.05) is 12.4 Å². The van der Waals surface area contributed by atoms with E-state index in [4.69, 9.17) is 14.9 Å². The maximum atomic E-state index is 12.9. The van der Waals surface area contributed by atoms with Crippen molar-refractivity contribution < 1.29 is 23.9 Å². The molecule has 0 aromatic rings. The van der Waals surface area contributed by atoms with Crippen LogP contribution in [0.2, 0.25) is 0 Å². The fraction of sp³-hybridized carbons (Fsp3) is 0.750. The van der Waals surface area contributed by atoms with Crippen LogP contribution in [0.25, 0.3) is 0 Å². The molecule has 0 unspecified atom stereocenters. The predicted molar refractivity (Wildman–Crippen MR) is 118 cm³/mol. The van der Waals surface area contributed by atoms with Gasteiger partial charge in [0, 0.05) is 5.75 Å². The minimum Gasteiger partial charge on any atom is -0.466 e.